The Hall–Kier alpha value is -0.860. The molecular weight excluding hydrogens is 372 g/mol. The standard InChI is InChI=1S/C18H13Cl4N/c19-12-7-8-14(21)18-15(12)9-3-1-4-10(9)17(23-18)11-5-2-6-13(20)16(11)22/h1-3,5-10,17,23H,4H2/t9-,10-,17-/m1/s1. The Bertz CT molecular complexity index is 815. The zero-order valence-corrected chi connectivity index (χ0v) is 15.0. The Balaban J connectivity index is 1.88. The van der Waals surface area contributed by atoms with Gasteiger partial charge in [-0.3, -0.25) is 0 Å². The van der Waals surface area contributed by atoms with Gasteiger partial charge in [-0.05, 0) is 36.1 Å². The average Bonchev–Trinajstić information content (AvgIpc) is 3.02. The van der Waals surface area contributed by atoms with Crippen molar-refractivity contribution >= 4 is 52.1 Å². The summed E-state index contributed by atoms with van der Waals surface area (Å²) in [6.07, 6.45) is 5.39. The van der Waals surface area contributed by atoms with Gasteiger partial charge in [0.05, 0.1) is 26.8 Å². The van der Waals surface area contributed by atoms with Crippen molar-refractivity contribution < 1.29 is 0 Å². The number of allylic oxidation sites excluding steroid dienone is 2. The highest BCUT2D eigenvalue weighted by Crippen LogP contribution is 2.54. The van der Waals surface area contributed by atoms with Crippen LogP contribution in [0.25, 0.3) is 0 Å². The van der Waals surface area contributed by atoms with Gasteiger partial charge >= 0.3 is 0 Å². The molecule has 0 amide bonds. The zero-order valence-electron chi connectivity index (χ0n) is 12.0. The van der Waals surface area contributed by atoms with Gasteiger partial charge in [0.1, 0.15) is 0 Å². The monoisotopic (exact) mass is 383 g/mol. The molecule has 1 heterocycles. The maximum Gasteiger partial charge on any atom is 0.0645 e. The van der Waals surface area contributed by atoms with Crippen LogP contribution < -0.4 is 5.32 Å². The Morgan fingerprint density at radius 2 is 1.70 bits per heavy atom. The summed E-state index contributed by atoms with van der Waals surface area (Å²) in [4.78, 5) is 0. The molecule has 23 heavy (non-hydrogen) atoms. The summed E-state index contributed by atoms with van der Waals surface area (Å²) >= 11 is 25.5. The van der Waals surface area contributed by atoms with Crippen LogP contribution in [-0.4, -0.2) is 0 Å². The van der Waals surface area contributed by atoms with E-state index in [1.54, 1.807) is 6.07 Å². The molecule has 0 spiro atoms. The van der Waals surface area contributed by atoms with Crippen LogP contribution in [0.15, 0.2) is 42.5 Å². The van der Waals surface area contributed by atoms with E-state index in [0.717, 1.165) is 28.3 Å². The molecule has 5 heteroatoms. The van der Waals surface area contributed by atoms with Crippen LogP contribution in [0.1, 0.15) is 29.5 Å². The van der Waals surface area contributed by atoms with Crippen LogP contribution in [0.3, 0.4) is 0 Å². The molecular formula is C18H13Cl4N. The van der Waals surface area contributed by atoms with Crippen LogP contribution >= 0.6 is 46.4 Å². The van der Waals surface area contributed by atoms with Gasteiger partial charge in [0.2, 0.25) is 0 Å². The molecule has 0 radical (unpaired) electrons. The third kappa shape index (κ3) is 2.46. The van der Waals surface area contributed by atoms with E-state index < -0.39 is 0 Å². The molecule has 1 aliphatic carbocycles. The number of halogens is 4. The predicted molar refractivity (Wildman–Crippen MR) is 99.3 cm³/mol. The lowest BCUT2D eigenvalue weighted by molar-refractivity contribution is 0.426. The molecule has 2 aliphatic rings. The number of hydrogen-bond acceptors (Lipinski definition) is 1. The van der Waals surface area contributed by atoms with E-state index in [0.29, 0.717) is 21.0 Å². The van der Waals surface area contributed by atoms with Crippen molar-refractivity contribution in [1.29, 1.82) is 0 Å². The Morgan fingerprint density at radius 1 is 0.913 bits per heavy atom. The van der Waals surface area contributed by atoms with Gasteiger partial charge in [-0.15, -0.1) is 0 Å². The van der Waals surface area contributed by atoms with E-state index in [2.05, 4.69) is 17.5 Å². The highest BCUT2D eigenvalue weighted by molar-refractivity contribution is 6.42. The summed E-state index contributed by atoms with van der Waals surface area (Å²) in [6, 6.07) is 9.48. The third-order valence-corrected chi connectivity index (χ3v) is 6.21. The number of hydrogen-bond donors (Lipinski definition) is 1. The highest BCUT2D eigenvalue weighted by atomic mass is 35.5. The molecule has 1 N–H and O–H groups in total. The number of rotatable bonds is 1. The van der Waals surface area contributed by atoms with Crippen molar-refractivity contribution in [3.8, 4) is 0 Å². The highest BCUT2D eigenvalue weighted by Gasteiger charge is 2.40. The van der Waals surface area contributed by atoms with E-state index in [1.165, 1.54) is 0 Å². The zero-order chi connectivity index (χ0) is 16.1. The molecule has 2 aromatic carbocycles. The van der Waals surface area contributed by atoms with Crippen LogP contribution in [0.2, 0.25) is 20.1 Å². The summed E-state index contributed by atoms with van der Waals surface area (Å²) in [7, 11) is 0. The lowest BCUT2D eigenvalue weighted by atomic mass is 9.77. The van der Waals surface area contributed by atoms with Gasteiger partial charge in [0, 0.05) is 16.5 Å². The fourth-order valence-corrected chi connectivity index (χ4v) is 4.63. The molecule has 3 atom stereocenters. The van der Waals surface area contributed by atoms with Crippen LogP contribution in [0.4, 0.5) is 5.69 Å². The molecule has 118 valence electrons. The second-order valence-corrected chi connectivity index (χ2v) is 7.54. The van der Waals surface area contributed by atoms with Gasteiger partial charge in [-0.2, -0.15) is 0 Å². The first-order valence-corrected chi connectivity index (χ1v) is 8.94. The fourth-order valence-electron chi connectivity index (χ4n) is 3.70. The molecule has 4 rings (SSSR count). The second kappa shape index (κ2) is 5.89. The van der Waals surface area contributed by atoms with Gasteiger partial charge in [-0.25, -0.2) is 0 Å². The summed E-state index contributed by atoms with van der Waals surface area (Å²) in [5, 5.41) is 6.14. The average molecular weight is 385 g/mol. The first-order chi connectivity index (χ1) is 11.1. The van der Waals surface area contributed by atoms with Crippen LogP contribution in [-0.2, 0) is 0 Å². The van der Waals surface area contributed by atoms with Crippen molar-refractivity contribution in [1.82, 2.24) is 0 Å². The van der Waals surface area contributed by atoms with Crippen molar-refractivity contribution in [2.45, 2.75) is 18.4 Å². The largest absolute Gasteiger partial charge is 0.376 e. The number of anilines is 1. The molecule has 0 aromatic heterocycles. The number of fused-ring (bicyclic) bond motifs is 3. The SMILES string of the molecule is Clc1cccc([C@@H]2Nc3c(Cl)ccc(Cl)c3[C@@H]3C=CC[C@H]32)c1Cl. The van der Waals surface area contributed by atoms with E-state index >= 15 is 0 Å². The fraction of sp³-hybridized carbons (Fsp3) is 0.222. The predicted octanol–water partition coefficient (Wildman–Crippen LogP) is 7.13. The minimum atomic E-state index is 0.0460. The molecule has 2 aromatic rings. The quantitative estimate of drug-likeness (QED) is 0.515. The van der Waals surface area contributed by atoms with Crippen molar-refractivity contribution in [2.24, 2.45) is 5.92 Å². The lowest BCUT2D eigenvalue weighted by Gasteiger charge is -2.38. The van der Waals surface area contributed by atoms with Crippen molar-refractivity contribution in [3.05, 3.63) is 73.7 Å². The first-order valence-electron chi connectivity index (χ1n) is 7.43. The van der Waals surface area contributed by atoms with Crippen LogP contribution in [0, 0.1) is 5.92 Å². The van der Waals surface area contributed by atoms with Crippen LogP contribution in [0.5, 0.6) is 0 Å². The molecule has 0 saturated carbocycles. The molecule has 0 fully saturated rings. The molecule has 1 nitrogen and oxygen atoms in total. The molecule has 0 bridgehead atoms. The second-order valence-electron chi connectivity index (χ2n) is 5.94. The topological polar surface area (TPSA) is 12.0 Å². The minimum Gasteiger partial charge on any atom is -0.376 e. The van der Waals surface area contributed by atoms with E-state index in [1.807, 2.05) is 24.3 Å². The van der Waals surface area contributed by atoms with Gasteiger partial charge < -0.3 is 5.32 Å². The first kappa shape index (κ1) is 15.7. The van der Waals surface area contributed by atoms with Gasteiger partial charge in [-0.1, -0.05) is 70.7 Å². The van der Waals surface area contributed by atoms with Crippen molar-refractivity contribution in [3.63, 3.8) is 0 Å². The normalized spacial score (nSPS) is 25.0. The maximum absolute atomic E-state index is 6.46. The van der Waals surface area contributed by atoms with Crippen molar-refractivity contribution in [2.75, 3.05) is 5.32 Å². The summed E-state index contributed by atoms with van der Waals surface area (Å²) in [5.41, 5.74) is 2.97. The Kier molecular flexibility index (Phi) is 4.01. The molecule has 1 aliphatic heterocycles. The number of benzene rings is 2. The molecule has 0 unspecified atom stereocenters. The minimum absolute atomic E-state index is 0.0460. The maximum atomic E-state index is 6.46. The van der Waals surface area contributed by atoms with Gasteiger partial charge in [0.15, 0.2) is 0 Å². The Labute approximate surface area is 155 Å². The summed E-state index contributed by atoms with van der Waals surface area (Å²) in [5.74, 6) is 0.576. The summed E-state index contributed by atoms with van der Waals surface area (Å²) in [6.45, 7) is 0. The molecule has 0 saturated heterocycles. The van der Waals surface area contributed by atoms with E-state index in [4.69, 9.17) is 46.4 Å². The smallest absolute Gasteiger partial charge is 0.0645 e. The summed E-state index contributed by atoms with van der Waals surface area (Å²) < 4.78 is 0. The van der Waals surface area contributed by atoms with Gasteiger partial charge in [0.25, 0.3) is 0 Å². The third-order valence-electron chi connectivity index (χ3n) is 4.73. The van der Waals surface area contributed by atoms with E-state index in [-0.39, 0.29) is 12.0 Å². The number of nitrogens with one attached hydrogen (secondary N) is 1. The Morgan fingerprint density at radius 3 is 2.52 bits per heavy atom. The lowest BCUT2D eigenvalue weighted by Crippen LogP contribution is -2.29. The van der Waals surface area contributed by atoms with E-state index in [9.17, 15) is 0 Å².